The number of aromatic nitrogens is 2. The summed E-state index contributed by atoms with van der Waals surface area (Å²) in [5, 5.41) is 7.38. The van der Waals surface area contributed by atoms with Crippen LogP contribution in [0.2, 0.25) is 0 Å². The van der Waals surface area contributed by atoms with E-state index in [4.69, 9.17) is 0 Å². The molecule has 1 heterocycles. The Bertz CT molecular complexity index is 618. The molecule has 4 heteroatoms. The predicted octanol–water partition coefficient (Wildman–Crippen LogP) is 3.02. The Morgan fingerprint density at radius 2 is 1.75 bits per heavy atom. The van der Waals surface area contributed by atoms with Crippen molar-refractivity contribution >= 4 is 5.91 Å². The Morgan fingerprint density at radius 1 is 1.15 bits per heavy atom. The quantitative estimate of drug-likeness (QED) is 0.912. The molecule has 1 aromatic heterocycles. The second-order valence-corrected chi connectivity index (χ2v) is 6.09. The standard InChI is InChI=1S/C16H21N3O/c1-11-10-12(2)19(18-11)14-8-6-13(7-9-14)15(20)17-16(3,4)5/h6-10H,1-5H3,(H,17,20). The fourth-order valence-corrected chi connectivity index (χ4v) is 2.06. The molecule has 0 unspecified atom stereocenters. The number of amides is 1. The van der Waals surface area contributed by atoms with E-state index in [0.29, 0.717) is 5.56 Å². The highest BCUT2D eigenvalue weighted by Gasteiger charge is 2.15. The zero-order valence-electron chi connectivity index (χ0n) is 12.7. The second-order valence-electron chi connectivity index (χ2n) is 6.09. The van der Waals surface area contributed by atoms with Crippen LogP contribution in [0.3, 0.4) is 0 Å². The van der Waals surface area contributed by atoms with Gasteiger partial charge in [0.05, 0.1) is 11.4 Å². The molecule has 1 aromatic carbocycles. The summed E-state index contributed by atoms with van der Waals surface area (Å²) in [6.07, 6.45) is 0. The number of rotatable bonds is 2. The Balaban J connectivity index is 2.22. The lowest BCUT2D eigenvalue weighted by Gasteiger charge is -2.20. The largest absolute Gasteiger partial charge is 0.347 e. The van der Waals surface area contributed by atoms with E-state index in [1.807, 2.05) is 69.6 Å². The van der Waals surface area contributed by atoms with E-state index in [2.05, 4.69) is 10.4 Å². The first-order valence-corrected chi connectivity index (χ1v) is 6.72. The fourth-order valence-electron chi connectivity index (χ4n) is 2.06. The van der Waals surface area contributed by atoms with Crippen molar-refractivity contribution in [1.82, 2.24) is 15.1 Å². The van der Waals surface area contributed by atoms with Gasteiger partial charge < -0.3 is 5.32 Å². The van der Waals surface area contributed by atoms with Crippen LogP contribution < -0.4 is 5.32 Å². The maximum Gasteiger partial charge on any atom is 0.251 e. The van der Waals surface area contributed by atoms with Crippen molar-refractivity contribution < 1.29 is 4.79 Å². The van der Waals surface area contributed by atoms with E-state index in [1.165, 1.54) is 0 Å². The average Bonchev–Trinajstić information content (AvgIpc) is 2.66. The maximum absolute atomic E-state index is 12.0. The van der Waals surface area contributed by atoms with Gasteiger partial charge >= 0.3 is 0 Å². The molecular formula is C16H21N3O. The fraction of sp³-hybridized carbons (Fsp3) is 0.375. The van der Waals surface area contributed by atoms with Crippen LogP contribution in [0.15, 0.2) is 30.3 Å². The third-order valence-corrected chi connectivity index (χ3v) is 2.87. The molecule has 2 aromatic rings. The highest BCUT2D eigenvalue weighted by atomic mass is 16.1. The molecule has 0 atom stereocenters. The van der Waals surface area contributed by atoms with Gasteiger partial charge in [-0.05, 0) is 65.0 Å². The Hall–Kier alpha value is -2.10. The van der Waals surface area contributed by atoms with Gasteiger partial charge in [-0.2, -0.15) is 5.10 Å². The van der Waals surface area contributed by atoms with E-state index in [9.17, 15) is 4.79 Å². The molecule has 20 heavy (non-hydrogen) atoms. The van der Waals surface area contributed by atoms with Gasteiger partial charge in [-0.1, -0.05) is 0 Å². The smallest absolute Gasteiger partial charge is 0.251 e. The Morgan fingerprint density at radius 3 is 2.20 bits per heavy atom. The number of nitrogens with one attached hydrogen (secondary N) is 1. The average molecular weight is 271 g/mol. The summed E-state index contributed by atoms with van der Waals surface area (Å²) >= 11 is 0. The minimum atomic E-state index is -0.231. The van der Waals surface area contributed by atoms with E-state index >= 15 is 0 Å². The topological polar surface area (TPSA) is 46.9 Å². The first-order chi connectivity index (χ1) is 9.26. The minimum Gasteiger partial charge on any atom is -0.347 e. The molecule has 0 radical (unpaired) electrons. The zero-order valence-corrected chi connectivity index (χ0v) is 12.7. The van der Waals surface area contributed by atoms with Gasteiger partial charge in [0.15, 0.2) is 0 Å². The van der Waals surface area contributed by atoms with Crippen LogP contribution in [-0.4, -0.2) is 21.2 Å². The van der Waals surface area contributed by atoms with Crippen LogP contribution in [0.25, 0.3) is 5.69 Å². The molecule has 0 spiro atoms. The van der Waals surface area contributed by atoms with Gasteiger partial charge in [-0.25, -0.2) is 4.68 Å². The molecule has 4 nitrogen and oxygen atoms in total. The number of aryl methyl sites for hydroxylation is 2. The molecule has 1 N–H and O–H groups in total. The number of nitrogens with zero attached hydrogens (tertiary/aromatic N) is 2. The van der Waals surface area contributed by atoms with Crippen molar-refractivity contribution in [3.63, 3.8) is 0 Å². The van der Waals surface area contributed by atoms with Crippen LogP contribution in [0.4, 0.5) is 0 Å². The van der Waals surface area contributed by atoms with Gasteiger partial charge in [-0.3, -0.25) is 4.79 Å². The first kappa shape index (κ1) is 14.3. The SMILES string of the molecule is Cc1cc(C)n(-c2ccc(C(=O)NC(C)(C)C)cc2)n1. The number of hydrogen-bond acceptors (Lipinski definition) is 2. The summed E-state index contributed by atoms with van der Waals surface area (Å²) in [5.74, 6) is -0.0579. The number of carbonyl (C=O) groups excluding carboxylic acids is 1. The van der Waals surface area contributed by atoms with Crippen molar-refractivity contribution in [3.05, 3.63) is 47.3 Å². The van der Waals surface area contributed by atoms with Crippen molar-refractivity contribution in [3.8, 4) is 5.69 Å². The molecule has 0 aliphatic carbocycles. The van der Waals surface area contributed by atoms with Gasteiger partial charge in [-0.15, -0.1) is 0 Å². The summed E-state index contributed by atoms with van der Waals surface area (Å²) in [7, 11) is 0. The van der Waals surface area contributed by atoms with E-state index < -0.39 is 0 Å². The second kappa shape index (κ2) is 5.12. The maximum atomic E-state index is 12.0. The monoisotopic (exact) mass is 271 g/mol. The molecule has 106 valence electrons. The normalized spacial score (nSPS) is 11.4. The van der Waals surface area contributed by atoms with Gasteiger partial charge in [0.2, 0.25) is 0 Å². The molecule has 2 rings (SSSR count). The summed E-state index contributed by atoms with van der Waals surface area (Å²) in [5.41, 5.74) is 3.45. The number of hydrogen-bond donors (Lipinski definition) is 1. The summed E-state index contributed by atoms with van der Waals surface area (Å²) in [4.78, 5) is 12.0. The lowest BCUT2D eigenvalue weighted by molar-refractivity contribution is 0.0919. The van der Waals surface area contributed by atoms with Crippen LogP contribution >= 0.6 is 0 Å². The summed E-state index contributed by atoms with van der Waals surface area (Å²) in [6, 6.07) is 9.51. The minimum absolute atomic E-state index is 0.0579. The van der Waals surface area contributed by atoms with Crippen molar-refractivity contribution in [2.75, 3.05) is 0 Å². The Kier molecular flexibility index (Phi) is 3.66. The van der Waals surface area contributed by atoms with Gasteiger partial charge in [0, 0.05) is 16.8 Å². The predicted molar refractivity (Wildman–Crippen MR) is 80.3 cm³/mol. The molecule has 0 saturated carbocycles. The highest BCUT2D eigenvalue weighted by molar-refractivity contribution is 5.94. The zero-order chi connectivity index (χ0) is 14.9. The van der Waals surface area contributed by atoms with E-state index in [-0.39, 0.29) is 11.4 Å². The van der Waals surface area contributed by atoms with Crippen LogP contribution in [0, 0.1) is 13.8 Å². The summed E-state index contributed by atoms with van der Waals surface area (Å²) in [6.45, 7) is 9.88. The molecule has 0 saturated heterocycles. The summed E-state index contributed by atoms with van der Waals surface area (Å²) < 4.78 is 1.88. The highest BCUT2D eigenvalue weighted by Crippen LogP contribution is 2.13. The third kappa shape index (κ3) is 3.26. The van der Waals surface area contributed by atoms with E-state index in [1.54, 1.807) is 0 Å². The molecule has 0 aliphatic heterocycles. The first-order valence-electron chi connectivity index (χ1n) is 6.72. The molecule has 0 aliphatic rings. The van der Waals surface area contributed by atoms with Crippen molar-refractivity contribution in [2.45, 2.75) is 40.2 Å². The van der Waals surface area contributed by atoms with E-state index in [0.717, 1.165) is 17.1 Å². The molecule has 0 fully saturated rings. The number of benzene rings is 1. The Labute approximate surface area is 119 Å². The van der Waals surface area contributed by atoms with Gasteiger partial charge in [0.1, 0.15) is 0 Å². The van der Waals surface area contributed by atoms with Crippen LogP contribution in [0.1, 0.15) is 42.5 Å². The van der Waals surface area contributed by atoms with Gasteiger partial charge in [0.25, 0.3) is 5.91 Å². The van der Waals surface area contributed by atoms with Crippen LogP contribution in [0.5, 0.6) is 0 Å². The molecule has 0 bridgehead atoms. The van der Waals surface area contributed by atoms with Crippen LogP contribution in [-0.2, 0) is 0 Å². The lowest BCUT2D eigenvalue weighted by atomic mass is 10.1. The van der Waals surface area contributed by atoms with Crippen molar-refractivity contribution in [2.24, 2.45) is 0 Å². The lowest BCUT2D eigenvalue weighted by Crippen LogP contribution is -2.40. The molecule has 1 amide bonds. The number of carbonyl (C=O) groups is 1. The third-order valence-electron chi connectivity index (χ3n) is 2.87. The van der Waals surface area contributed by atoms with Crippen molar-refractivity contribution in [1.29, 1.82) is 0 Å². The molecular weight excluding hydrogens is 250 g/mol.